The first kappa shape index (κ1) is 17.8. The maximum atomic E-state index is 13.6. The summed E-state index contributed by atoms with van der Waals surface area (Å²) in [5, 5.41) is 7.04. The van der Waals surface area contributed by atoms with E-state index in [0.29, 0.717) is 19.1 Å². The Hall–Kier alpha value is -1.22. The van der Waals surface area contributed by atoms with E-state index in [9.17, 15) is 17.6 Å². The van der Waals surface area contributed by atoms with Crippen LogP contribution in [0.25, 0.3) is 0 Å². The first-order chi connectivity index (χ1) is 9.66. The number of primary sulfonamides is 1. The van der Waals surface area contributed by atoms with Crippen molar-refractivity contribution in [2.75, 3.05) is 13.7 Å². The van der Waals surface area contributed by atoms with Gasteiger partial charge in [0.25, 0.3) is 5.91 Å². The average Bonchev–Trinajstić information content (AvgIpc) is 2.37. The third-order valence-electron chi connectivity index (χ3n) is 2.71. The molecule has 1 unspecified atom stereocenters. The van der Waals surface area contributed by atoms with Crippen molar-refractivity contribution >= 4 is 27.5 Å². The maximum absolute atomic E-state index is 13.6. The Morgan fingerprint density at radius 1 is 1.52 bits per heavy atom. The lowest BCUT2D eigenvalue weighted by atomic mass is 10.1. The lowest BCUT2D eigenvalue weighted by Crippen LogP contribution is -2.33. The first-order valence-corrected chi connectivity index (χ1v) is 7.91. The molecule has 0 heterocycles. The van der Waals surface area contributed by atoms with Crippen molar-refractivity contribution in [3.05, 3.63) is 28.5 Å². The Morgan fingerprint density at radius 3 is 2.67 bits per heavy atom. The molecule has 0 fully saturated rings. The predicted molar refractivity (Wildman–Crippen MR) is 76.2 cm³/mol. The number of sulfonamides is 1. The van der Waals surface area contributed by atoms with Crippen LogP contribution in [0.4, 0.5) is 4.39 Å². The molecule has 0 aliphatic heterocycles. The van der Waals surface area contributed by atoms with Crippen LogP contribution in [-0.2, 0) is 14.8 Å². The average molecular weight is 339 g/mol. The van der Waals surface area contributed by atoms with Gasteiger partial charge in [0.05, 0.1) is 15.5 Å². The molecule has 0 spiro atoms. The zero-order valence-corrected chi connectivity index (χ0v) is 13.1. The number of rotatable bonds is 6. The van der Waals surface area contributed by atoms with Crippen molar-refractivity contribution in [2.45, 2.75) is 24.3 Å². The monoisotopic (exact) mass is 338 g/mol. The second-order valence-corrected chi connectivity index (χ2v) is 6.41. The van der Waals surface area contributed by atoms with E-state index in [1.165, 1.54) is 7.11 Å². The minimum Gasteiger partial charge on any atom is -0.385 e. The van der Waals surface area contributed by atoms with Gasteiger partial charge < -0.3 is 10.1 Å². The number of carbonyl (C=O) groups is 1. The highest BCUT2D eigenvalue weighted by atomic mass is 35.5. The summed E-state index contributed by atoms with van der Waals surface area (Å²) in [6.07, 6.45) is 0.539. The van der Waals surface area contributed by atoms with E-state index in [2.05, 4.69) is 5.32 Å². The Kier molecular flexibility index (Phi) is 6.09. The van der Waals surface area contributed by atoms with Gasteiger partial charge in [-0.1, -0.05) is 11.6 Å². The number of amides is 1. The van der Waals surface area contributed by atoms with Crippen molar-refractivity contribution in [2.24, 2.45) is 5.14 Å². The van der Waals surface area contributed by atoms with E-state index in [-0.39, 0.29) is 11.6 Å². The summed E-state index contributed by atoms with van der Waals surface area (Å²) in [6.45, 7) is 2.16. The van der Waals surface area contributed by atoms with Crippen LogP contribution in [0.5, 0.6) is 0 Å². The number of halogens is 2. The van der Waals surface area contributed by atoms with Gasteiger partial charge in [0.2, 0.25) is 10.0 Å². The minimum absolute atomic E-state index is 0.255. The molecule has 1 aromatic carbocycles. The predicted octanol–water partition coefficient (Wildman–Crippen LogP) is 1.28. The molecule has 0 aromatic heterocycles. The van der Waals surface area contributed by atoms with Gasteiger partial charge in [-0.05, 0) is 25.5 Å². The van der Waals surface area contributed by atoms with Crippen molar-refractivity contribution in [1.82, 2.24) is 5.32 Å². The third-order valence-corrected chi connectivity index (χ3v) is 3.98. The fraction of sp³-hybridized carbons (Fsp3) is 0.417. The van der Waals surface area contributed by atoms with Crippen molar-refractivity contribution < 1.29 is 22.3 Å². The number of nitrogens with one attached hydrogen (secondary N) is 1. The summed E-state index contributed by atoms with van der Waals surface area (Å²) in [5.41, 5.74) is -0.287. The van der Waals surface area contributed by atoms with Gasteiger partial charge in [-0.25, -0.2) is 17.9 Å². The van der Waals surface area contributed by atoms with E-state index in [1.54, 1.807) is 6.92 Å². The summed E-state index contributed by atoms with van der Waals surface area (Å²) < 4.78 is 41.0. The lowest BCUT2D eigenvalue weighted by molar-refractivity contribution is 0.0929. The van der Waals surface area contributed by atoms with Gasteiger partial charge in [-0.15, -0.1) is 0 Å². The third kappa shape index (κ3) is 4.92. The van der Waals surface area contributed by atoms with Crippen molar-refractivity contribution in [3.63, 3.8) is 0 Å². The van der Waals surface area contributed by atoms with Gasteiger partial charge in [0, 0.05) is 19.8 Å². The number of hydrogen-bond donors (Lipinski definition) is 2. The normalized spacial score (nSPS) is 13.0. The van der Waals surface area contributed by atoms with Crippen LogP contribution in [0.15, 0.2) is 17.0 Å². The second-order valence-electron chi connectivity index (χ2n) is 4.47. The zero-order valence-electron chi connectivity index (χ0n) is 11.5. The number of benzene rings is 1. The zero-order chi connectivity index (χ0) is 16.2. The van der Waals surface area contributed by atoms with E-state index in [1.807, 2.05) is 0 Å². The molecule has 9 heteroatoms. The molecular formula is C12H16ClFN2O4S. The molecule has 0 radical (unpaired) electrons. The summed E-state index contributed by atoms with van der Waals surface area (Å²) in [4.78, 5) is 11.5. The molecule has 0 saturated carbocycles. The summed E-state index contributed by atoms with van der Waals surface area (Å²) in [6, 6.07) is 1.36. The molecule has 0 aliphatic rings. The van der Waals surface area contributed by atoms with Crippen LogP contribution in [0, 0.1) is 5.82 Å². The van der Waals surface area contributed by atoms with Crippen LogP contribution in [0.2, 0.25) is 5.02 Å². The highest BCUT2D eigenvalue weighted by molar-refractivity contribution is 7.89. The highest BCUT2D eigenvalue weighted by Gasteiger charge is 2.20. The van der Waals surface area contributed by atoms with Gasteiger partial charge in [0.15, 0.2) is 0 Å². The first-order valence-electron chi connectivity index (χ1n) is 5.98. The van der Waals surface area contributed by atoms with E-state index >= 15 is 0 Å². The van der Waals surface area contributed by atoms with Crippen LogP contribution >= 0.6 is 11.6 Å². The molecule has 0 bridgehead atoms. The van der Waals surface area contributed by atoms with Crippen molar-refractivity contribution in [3.8, 4) is 0 Å². The van der Waals surface area contributed by atoms with E-state index in [4.69, 9.17) is 21.5 Å². The van der Waals surface area contributed by atoms with Gasteiger partial charge >= 0.3 is 0 Å². The fourth-order valence-corrected chi connectivity index (χ4v) is 2.31. The standard InChI is InChI=1S/C12H16ClFN2O4S/c1-7(3-4-20-2)16-12(17)9-5-8(21(15,18)19)6-10(14)11(9)13/h5-7H,3-4H2,1-2H3,(H,16,17)(H2,15,18,19). The number of methoxy groups -OCH3 is 1. The SMILES string of the molecule is COCCC(C)NC(=O)c1cc(S(N)(=O)=O)cc(F)c1Cl. The molecule has 3 N–H and O–H groups in total. The Labute approximate surface area is 127 Å². The summed E-state index contributed by atoms with van der Waals surface area (Å²) >= 11 is 5.70. The molecule has 0 aliphatic carbocycles. The van der Waals surface area contributed by atoms with Gasteiger partial charge in [-0.2, -0.15) is 0 Å². The highest BCUT2D eigenvalue weighted by Crippen LogP contribution is 2.24. The van der Waals surface area contributed by atoms with E-state index < -0.39 is 31.7 Å². The second kappa shape index (κ2) is 7.17. The molecule has 1 amide bonds. The number of ether oxygens (including phenoxy) is 1. The Morgan fingerprint density at radius 2 is 2.14 bits per heavy atom. The largest absolute Gasteiger partial charge is 0.385 e. The minimum atomic E-state index is -4.14. The quantitative estimate of drug-likeness (QED) is 0.816. The van der Waals surface area contributed by atoms with Crippen LogP contribution in [0.3, 0.4) is 0 Å². The fourth-order valence-electron chi connectivity index (χ4n) is 1.56. The Balaban J connectivity index is 3.06. The maximum Gasteiger partial charge on any atom is 0.253 e. The molecule has 1 rings (SSSR count). The number of carbonyl (C=O) groups excluding carboxylic acids is 1. The van der Waals surface area contributed by atoms with Crippen molar-refractivity contribution in [1.29, 1.82) is 0 Å². The molecule has 6 nitrogen and oxygen atoms in total. The number of hydrogen-bond acceptors (Lipinski definition) is 4. The van der Waals surface area contributed by atoms with Crippen LogP contribution in [0.1, 0.15) is 23.7 Å². The molecule has 118 valence electrons. The van der Waals surface area contributed by atoms with Crippen LogP contribution in [-0.4, -0.2) is 34.1 Å². The summed E-state index contributed by atoms with van der Waals surface area (Å²) in [5.74, 6) is -1.72. The molecule has 1 atom stereocenters. The van der Waals surface area contributed by atoms with Gasteiger partial charge in [-0.3, -0.25) is 4.79 Å². The topological polar surface area (TPSA) is 98.5 Å². The number of nitrogens with two attached hydrogens (primary N) is 1. The van der Waals surface area contributed by atoms with Gasteiger partial charge in [0.1, 0.15) is 5.82 Å². The lowest BCUT2D eigenvalue weighted by Gasteiger charge is -2.14. The molecule has 1 aromatic rings. The smallest absolute Gasteiger partial charge is 0.253 e. The molecule has 21 heavy (non-hydrogen) atoms. The molecular weight excluding hydrogens is 323 g/mol. The molecule has 0 saturated heterocycles. The summed E-state index contributed by atoms with van der Waals surface area (Å²) in [7, 11) is -2.62. The Bertz CT molecular complexity index is 636. The van der Waals surface area contributed by atoms with E-state index in [0.717, 1.165) is 6.07 Å². The van der Waals surface area contributed by atoms with Crippen LogP contribution < -0.4 is 10.5 Å².